The summed E-state index contributed by atoms with van der Waals surface area (Å²) in [7, 11) is 0. The Balaban J connectivity index is 1.64. The highest BCUT2D eigenvalue weighted by atomic mass is 16.6. The molecule has 0 aromatic heterocycles. The molecule has 0 aliphatic heterocycles. The monoisotopic (exact) mass is 343 g/mol. The standard InChI is InChI=1S/C17H17N3O5/c21-11-13-1-7-16(8-2-13)25-12-17(22)19-10-9-18-14-3-5-15(6-4-14)20(23)24/h1-8,11,18H,9-10,12H2,(H,19,22). The zero-order valence-corrected chi connectivity index (χ0v) is 13.3. The van der Waals surface area contributed by atoms with E-state index in [4.69, 9.17) is 4.74 Å². The number of carbonyl (C=O) groups excluding carboxylic acids is 2. The lowest BCUT2D eigenvalue weighted by atomic mass is 10.2. The molecule has 0 bridgehead atoms. The van der Waals surface area contributed by atoms with E-state index in [1.807, 2.05) is 0 Å². The molecule has 0 aliphatic carbocycles. The molecule has 0 heterocycles. The van der Waals surface area contributed by atoms with Crippen LogP contribution in [0.25, 0.3) is 0 Å². The van der Waals surface area contributed by atoms with Crippen LogP contribution in [-0.4, -0.2) is 36.8 Å². The van der Waals surface area contributed by atoms with E-state index < -0.39 is 4.92 Å². The lowest BCUT2D eigenvalue weighted by molar-refractivity contribution is -0.384. The predicted molar refractivity (Wildman–Crippen MR) is 91.9 cm³/mol. The number of ether oxygens (including phenoxy) is 1. The molecule has 0 atom stereocenters. The average Bonchev–Trinajstić information content (AvgIpc) is 2.64. The Hall–Kier alpha value is -3.42. The largest absolute Gasteiger partial charge is 0.484 e. The van der Waals surface area contributed by atoms with Gasteiger partial charge in [0.25, 0.3) is 11.6 Å². The molecule has 0 fully saturated rings. The Morgan fingerprint density at radius 3 is 2.36 bits per heavy atom. The van der Waals surface area contributed by atoms with Crippen molar-refractivity contribution < 1.29 is 19.2 Å². The van der Waals surface area contributed by atoms with Gasteiger partial charge in [0.15, 0.2) is 6.61 Å². The highest BCUT2D eigenvalue weighted by molar-refractivity contribution is 5.77. The summed E-state index contributed by atoms with van der Waals surface area (Å²) in [5, 5.41) is 16.3. The van der Waals surface area contributed by atoms with E-state index in [0.717, 1.165) is 12.0 Å². The van der Waals surface area contributed by atoms with Crippen molar-refractivity contribution in [1.29, 1.82) is 0 Å². The Labute approximate surface area is 144 Å². The molecule has 2 rings (SSSR count). The first-order chi connectivity index (χ1) is 12.1. The third-order valence-electron chi connectivity index (χ3n) is 3.24. The molecule has 1 amide bonds. The zero-order chi connectivity index (χ0) is 18.1. The first-order valence-corrected chi connectivity index (χ1v) is 7.51. The minimum absolute atomic E-state index is 0.0252. The molecule has 0 aliphatic rings. The van der Waals surface area contributed by atoms with Gasteiger partial charge in [-0.1, -0.05) is 0 Å². The molecule has 0 radical (unpaired) electrons. The second-order valence-corrected chi connectivity index (χ2v) is 5.06. The molecular formula is C17H17N3O5. The summed E-state index contributed by atoms with van der Waals surface area (Å²) in [6, 6.07) is 12.5. The number of hydrogen-bond acceptors (Lipinski definition) is 6. The van der Waals surface area contributed by atoms with Crippen LogP contribution in [0, 0.1) is 10.1 Å². The van der Waals surface area contributed by atoms with Crippen molar-refractivity contribution in [2.24, 2.45) is 0 Å². The Kier molecular flexibility index (Phi) is 6.47. The van der Waals surface area contributed by atoms with Crippen molar-refractivity contribution in [3.63, 3.8) is 0 Å². The second-order valence-electron chi connectivity index (χ2n) is 5.06. The minimum Gasteiger partial charge on any atom is -0.484 e. The van der Waals surface area contributed by atoms with Gasteiger partial charge in [0, 0.05) is 36.5 Å². The SMILES string of the molecule is O=Cc1ccc(OCC(=O)NCCNc2ccc([N+](=O)[O-])cc2)cc1. The van der Waals surface area contributed by atoms with E-state index >= 15 is 0 Å². The smallest absolute Gasteiger partial charge is 0.269 e. The molecule has 8 heteroatoms. The number of carbonyl (C=O) groups is 2. The summed E-state index contributed by atoms with van der Waals surface area (Å²) >= 11 is 0. The summed E-state index contributed by atoms with van der Waals surface area (Å²) in [5.74, 6) is 0.231. The fraction of sp³-hybridized carbons (Fsp3) is 0.176. The number of nitrogens with zero attached hydrogens (tertiary/aromatic N) is 1. The molecular weight excluding hydrogens is 326 g/mol. The van der Waals surface area contributed by atoms with Crippen LogP contribution in [0.5, 0.6) is 5.75 Å². The van der Waals surface area contributed by atoms with Gasteiger partial charge in [-0.15, -0.1) is 0 Å². The normalized spacial score (nSPS) is 9.92. The predicted octanol–water partition coefficient (Wildman–Crippen LogP) is 2.01. The highest BCUT2D eigenvalue weighted by Gasteiger charge is 2.04. The number of anilines is 1. The first kappa shape index (κ1) is 17.9. The first-order valence-electron chi connectivity index (χ1n) is 7.51. The number of amides is 1. The lowest BCUT2D eigenvalue weighted by Crippen LogP contribution is -2.32. The maximum Gasteiger partial charge on any atom is 0.269 e. The molecule has 25 heavy (non-hydrogen) atoms. The van der Waals surface area contributed by atoms with Gasteiger partial charge < -0.3 is 15.4 Å². The van der Waals surface area contributed by atoms with Gasteiger partial charge >= 0.3 is 0 Å². The summed E-state index contributed by atoms with van der Waals surface area (Å²) in [6.45, 7) is 0.721. The second kappa shape index (κ2) is 9.02. The van der Waals surface area contributed by atoms with E-state index in [1.54, 1.807) is 36.4 Å². The maximum atomic E-state index is 11.7. The number of nitrogens with one attached hydrogen (secondary N) is 2. The molecule has 8 nitrogen and oxygen atoms in total. The highest BCUT2D eigenvalue weighted by Crippen LogP contribution is 2.14. The number of nitro benzene ring substituents is 1. The van der Waals surface area contributed by atoms with E-state index in [1.165, 1.54) is 12.1 Å². The van der Waals surface area contributed by atoms with Crippen molar-refractivity contribution >= 4 is 23.6 Å². The van der Waals surface area contributed by atoms with Gasteiger partial charge in [-0.2, -0.15) is 0 Å². The van der Waals surface area contributed by atoms with Crippen LogP contribution in [0.2, 0.25) is 0 Å². The Morgan fingerprint density at radius 2 is 1.76 bits per heavy atom. The average molecular weight is 343 g/mol. The van der Waals surface area contributed by atoms with Gasteiger partial charge in [-0.3, -0.25) is 19.7 Å². The molecule has 2 aromatic carbocycles. The third-order valence-corrected chi connectivity index (χ3v) is 3.24. The topological polar surface area (TPSA) is 111 Å². The number of aldehydes is 1. The Bertz CT molecular complexity index is 729. The van der Waals surface area contributed by atoms with Crippen LogP contribution >= 0.6 is 0 Å². The van der Waals surface area contributed by atoms with Gasteiger partial charge in [-0.25, -0.2) is 0 Å². The van der Waals surface area contributed by atoms with E-state index in [9.17, 15) is 19.7 Å². The van der Waals surface area contributed by atoms with Crippen LogP contribution < -0.4 is 15.4 Å². The van der Waals surface area contributed by atoms with Gasteiger partial charge in [-0.05, 0) is 36.4 Å². The molecule has 0 saturated heterocycles. The number of nitro groups is 1. The van der Waals surface area contributed by atoms with Crippen LogP contribution in [0.15, 0.2) is 48.5 Å². The van der Waals surface area contributed by atoms with Crippen molar-refractivity contribution in [3.8, 4) is 5.75 Å². The van der Waals surface area contributed by atoms with Gasteiger partial charge in [0.1, 0.15) is 12.0 Å². The van der Waals surface area contributed by atoms with Gasteiger partial charge in [0.2, 0.25) is 0 Å². The number of non-ortho nitro benzene ring substituents is 1. The zero-order valence-electron chi connectivity index (χ0n) is 13.3. The fourth-order valence-electron chi connectivity index (χ4n) is 1.95. The van der Waals surface area contributed by atoms with Crippen molar-refractivity contribution in [1.82, 2.24) is 5.32 Å². The maximum absolute atomic E-state index is 11.7. The quantitative estimate of drug-likeness (QED) is 0.312. The van der Waals surface area contributed by atoms with Crippen LogP contribution in [0.1, 0.15) is 10.4 Å². The summed E-state index contributed by atoms with van der Waals surface area (Å²) in [5.41, 5.74) is 1.29. The summed E-state index contributed by atoms with van der Waals surface area (Å²) < 4.78 is 5.31. The van der Waals surface area contributed by atoms with Crippen LogP contribution in [0.3, 0.4) is 0 Å². The van der Waals surface area contributed by atoms with Crippen molar-refractivity contribution in [2.75, 3.05) is 25.0 Å². The fourth-order valence-corrected chi connectivity index (χ4v) is 1.95. The third kappa shape index (κ3) is 5.94. The van der Waals surface area contributed by atoms with E-state index in [-0.39, 0.29) is 18.2 Å². The number of hydrogen-bond donors (Lipinski definition) is 2. The van der Waals surface area contributed by atoms with E-state index in [2.05, 4.69) is 10.6 Å². The summed E-state index contributed by atoms with van der Waals surface area (Å²) in [4.78, 5) is 32.3. The molecule has 130 valence electrons. The molecule has 0 spiro atoms. The summed E-state index contributed by atoms with van der Waals surface area (Å²) in [6.07, 6.45) is 0.731. The van der Waals surface area contributed by atoms with E-state index in [0.29, 0.717) is 24.4 Å². The number of rotatable bonds is 9. The molecule has 0 unspecified atom stereocenters. The van der Waals surface area contributed by atoms with Crippen LogP contribution in [0.4, 0.5) is 11.4 Å². The van der Waals surface area contributed by atoms with Crippen molar-refractivity contribution in [3.05, 3.63) is 64.2 Å². The molecule has 0 saturated carbocycles. The number of benzene rings is 2. The molecule has 2 N–H and O–H groups in total. The van der Waals surface area contributed by atoms with Crippen molar-refractivity contribution in [2.45, 2.75) is 0 Å². The molecule has 2 aromatic rings. The lowest BCUT2D eigenvalue weighted by Gasteiger charge is -2.09. The van der Waals surface area contributed by atoms with Gasteiger partial charge in [0.05, 0.1) is 4.92 Å². The van der Waals surface area contributed by atoms with Crippen LogP contribution in [-0.2, 0) is 4.79 Å². The Morgan fingerprint density at radius 1 is 1.08 bits per heavy atom. The minimum atomic E-state index is -0.462.